The molecule has 0 unspecified atom stereocenters. The number of rotatable bonds is 3. The molecule has 3 rings (SSSR count). The summed E-state index contributed by atoms with van der Waals surface area (Å²) in [5.74, 6) is 0.694. The smallest absolute Gasteiger partial charge is 0.311 e. The maximum Gasteiger partial charge on any atom is 0.311 e. The average Bonchev–Trinajstić information content (AvgIpc) is 3.08. The third kappa shape index (κ3) is 3.13. The van der Waals surface area contributed by atoms with Gasteiger partial charge in [0.25, 0.3) is 0 Å². The topological polar surface area (TPSA) is 106 Å². The van der Waals surface area contributed by atoms with Gasteiger partial charge in [-0.05, 0) is 38.7 Å². The first kappa shape index (κ1) is 16.5. The summed E-state index contributed by atoms with van der Waals surface area (Å²) in [6, 6.07) is 3.23. The van der Waals surface area contributed by atoms with E-state index < -0.39 is 4.92 Å². The summed E-state index contributed by atoms with van der Waals surface area (Å²) in [7, 11) is 0. The molecule has 1 amide bonds. The van der Waals surface area contributed by atoms with E-state index in [1.54, 1.807) is 6.07 Å². The van der Waals surface area contributed by atoms with Crippen LogP contribution in [-0.4, -0.2) is 46.4 Å². The summed E-state index contributed by atoms with van der Waals surface area (Å²) in [5, 5.41) is 10.9. The lowest BCUT2D eigenvalue weighted by Crippen LogP contribution is -2.48. The number of hydrogen-bond acceptors (Lipinski definition) is 6. The number of carbonyl (C=O) groups is 1. The number of nitrogen functional groups attached to an aromatic ring is 1. The van der Waals surface area contributed by atoms with Gasteiger partial charge in [-0.1, -0.05) is 0 Å². The minimum absolute atomic E-state index is 0.0440. The van der Waals surface area contributed by atoms with E-state index in [-0.39, 0.29) is 29.4 Å². The van der Waals surface area contributed by atoms with Gasteiger partial charge in [-0.3, -0.25) is 14.9 Å². The van der Waals surface area contributed by atoms with Gasteiger partial charge in [0, 0.05) is 31.7 Å². The Morgan fingerprint density at radius 3 is 2.67 bits per heavy atom. The summed E-state index contributed by atoms with van der Waals surface area (Å²) in [4.78, 5) is 31.2. The van der Waals surface area contributed by atoms with Gasteiger partial charge in [-0.2, -0.15) is 0 Å². The second-order valence-electron chi connectivity index (χ2n) is 6.64. The van der Waals surface area contributed by atoms with Gasteiger partial charge >= 0.3 is 5.69 Å². The van der Waals surface area contributed by atoms with E-state index in [9.17, 15) is 14.9 Å². The molecule has 2 aliphatic heterocycles. The Bertz CT molecular complexity index is 645. The fourth-order valence-electron chi connectivity index (χ4n) is 3.59. The van der Waals surface area contributed by atoms with Crippen LogP contribution in [0, 0.1) is 16.0 Å². The monoisotopic (exact) mass is 333 g/mol. The molecular weight excluding hydrogens is 310 g/mol. The highest BCUT2D eigenvalue weighted by Crippen LogP contribution is 2.30. The van der Waals surface area contributed by atoms with Crippen molar-refractivity contribution in [1.82, 2.24) is 9.88 Å². The van der Waals surface area contributed by atoms with Crippen LogP contribution >= 0.6 is 0 Å². The molecule has 8 heteroatoms. The SMILES string of the molecule is C[C@@H]1CC[C@H](C(=O)N2CCCC2)CN1c1ccc([N+](=O)[O-])c(N)n1. The highest BCUT2D eigenvalue weighted by atomic mass is 16.6. The molecule has 2 aliphatic rings. The highest BCUT2D eigenvalue weighted by Gasteiger charge is 2.34. The predicted octanol–water partition coefficient (Wildman–Crippen LogP) is 1.80. The number of nitro groups is 1. The summed E-state index contributed by atoms with van der Waals surface area (Å²) >= 11 is 0. The van der Waals surface area contributed by atoms with Crippen LogP contribution < -0.4 is 10.6 Å². The number of anilines is 2. The molecule has 1 aromatic rings. The summed E-state index contributed by atoms with van der Waals surface area (Å²) < 4.78 is 0. The normalized spacial score (nSPS) is 24.2. The van der Waals surface area contributed by atoms with E-state index in [1.807, 2.05) is 9.80 Å². The lowest BCUT2D eigenvalue weighted by molar-refractivity contribution is -0.384. The number of likely N-dealkylation sites (tertiary alicyclic amines) is 1. The average molecular weight is 333 g/mol. The number of aromatic nitrogens is 1. The van der Waals surface area contributed by atoms with Gasteiger partial charge in [0.05, 0.1) is 10.8 Å². The quantitative estimate of drug-likeness (QED) is 0.668. The molecular formula is C16H23N5O3. The van der Waals surface area contributed by atoms with Crippen LogP contribution in [0.3, 0.4) is 0 Å². The molecule has 130 valence electrons. The molecule has 2 fully saturated rings. The van der Waals surface area contributed by atoms with E-state index >= 15 is 0 Å². The van der Waals surface area contributed by atoms with Crippen molar-refractivity contribution in [3.63, 3.8) is 0 Å². The third-order valence-corrected chi connectivity index (χ3v) is 5.03. The van der Waals surface area contributed by atoms with Crippen molar-refractivity contribution in [3.8, 4) is 0 Å². The Labute approximate surface area is 140 Å². The summed E-state index contributed by atoms with van der Waals surface area (Å²) in [6.45, 7) is 4.37. The van der Waals surface area contributed by atoms with Gasteiger partial charge in [0.15, 0.2) is 0 Å². The van der Waals surface area contributed by atoms with Crippen LogP contribution in [0.2, 0.25) is 0 Å². The van der Waals surface area contributed by atoms with E-state index in [4.69, 9.17) is 5.73 Å². The molecule has 8 nitrogen and oxygen atoms in total. The van der Waals surface area contributed by atoms with Crippen molar-refractivity contribution < 1.29 is 9.72 Å². The largest absolute Gasteiger partial charge is 0.378 e. The fraction of sp³-hybridized carbons (Fsp3) is 0.625. The van der Waals surface area contributed by atoms with Crippen LogP contribution in [0.1, 0.15) is 32.6 Å². The van der Waals surface area contributed by atoms with Crippen molar-refractivity contribution in [2.75, 3.05) is 30.3 Å². The molecule has 0 spiro atoms. The van der Waals surface area contributed by atoms with Crippen LogP contribution in [0.15, 0.2) is 12.1 Å². The van der Waals surface area contributed by atoms with E-state index in [2.05, 4.69) is 11.9 Å². The molecule has 0 saturated carbocycles. The number of amides is 1. The molecule has 0 radical (unpaired) electrons. The molecule has 0 aliphatic carbocycles. The van der Waals surface area contributed by atoms with Crippen molar-refractivity contribution in [1.29, 1.82) is 0 Å². The first-order chi connectivity index (χ1) is 11.5. The predicted molar refractivity (Wildman–Crippen MR) is 90.6 cm³/mol. The third-order valence-electron chi connectivity index (χ3n) is 5.03. The molecule has 3 heterocycles. The van der Waals surface area contributed by atoms with Gasteiger partial charge < -0.3 is 15.5 Å². The summed E-state index contributed by atoms with van der Waals surface area (Å²) in [5.41, 5.74) is 5.53. The standard InChI is InChI=1S/C16H23N5O3/c1-11-4-5-12(16(22)19-8-2-3-9-19)10-20(11)14-7-6-13(21(23)24)15(17)18-14/h6-7,11-12H,2-5,8-10H2,1H3,(H2,17,18)/t11-,12+/m1/s1. The molecule has 0 aromatic carbocycles. The van der Waals surface area contributed by atoms with Crippen molar-refractivity contribution in [2.24, 2.45) is 5.92 Å². The zero-order valence-electron chi connectivity index (χ0n) is 13.9. The fourth-order valence-corrected chi connectivity index (χ4v) is 3.59. The molecule has 1 aromatic heterocycles. The minimum Gasteiger partial charge on any atom is -0.378 e. The highest BCUT2D eigenvalue weighted by molar-refractivity contribution is 5.80. The number of nitrogens with two attached hydrogens (primary N) is 1. The maximum absolute atomic E-state index is 12.7. The Morgan fingerprint density at radius 2 is 2.04 bits per heavy atom. The molecule has 2 N–H and O–H groups in total. The molecule has 2 saturated heterocycles. The number of nitrogens with zero attached hydrogens (tertiary/aromatic N) is 4. The lowest BCUT2D eigenvalue weighted by Gasteiger charge is -2.39. The van der Waals surface area contributed by atoms with Crippen molar-refractivity contribution >= 4 is 23.2 Å². The van der Waals surface area contributed by atoms with Crippen LogP contribution in [-0.2, 0) is 4.79 Å². The Balaban J connectivity index is 1.77. The van der Waals surface area contributed by atoms with E-state index in [0.717, 1.165) is 38.8 Å². The maximum atomic E-state index is 12.7. The molecule has 2 atom stereocenters. The first-order valence-corrected chi connectivity index (χ1v) is 8.43. The van der Waals surface area contributed by atoms with Gasteiger partial charge in [-0.15, -0.1) is 0 Å². The van der Waals surface area contributed by atoms with E-state index in [1.165, 1.54) is 6.07 Å². The lowest BCUT2D eigenvalue weighted by atomic mass is 9.92. The number of pyridine rings is 1. The first-order valence-electron chi connectivity index (χ1n) is 8.43. The van der Waals surface area contributed by atoms with Gasteiger partial charge in [0.1, 0.15) is 5.82 Å². The number of hydrogen-bond donors (Lipinski definition) is 1. The van der Waals surface area contributed by atoms with Crippen LogP contribution in [0.25, 0.3) is 0 Å². The van der Waals surface area contributed by atoms with Crippen LogP contribution in [0.4, 0.5) is 17.3 Å². The van der Waals surface area contributed by atoms with Crippen LogP contribution in [0.5, 0.6) is 0 Å². The van der Waals surface area contributed by atoms with Gasteiger partial charge in [0.2, 0.25) is 11.7 Å². The second kappa shape index (κ2) is 6.62. The van der Waals surface area contributed by atoms with Crippen molar-refractivity contribution in [2.45, 2.75) is 38.6 Å². The van der Waals surface area contributed by atoms with Crippen molar-refractivity contribution in [3.05, 3.63) is 22.2 Å². The zero-order valence-corrected chi connectivity index (χ0v) is 13.9. The van der Waals surface area contributed by atoms with Gasteiger partial charge in [-0.25, -0.2) is 4.98 Å². The molecule has 0 bridgehead atoms. The summed E-state index contributed by atoms with van der Waals surface area (Å²) in [6.07, 6.45) is 3.93. The number of carbonyl (C=O) groups excluding carboxylic acids is 1. The second-order valence-corrected chi connectivity index (χ2v) is 6.64. The van der Waals surface area contributed by atoms with E-state index in [0.29, 0.717) is 12.4 Å². The Kier molecular flexibility index (Phi) is 4.55. The minimum atomic E-state index is -0.536. The zero-order chi connectivity index (χ0) is 17.3. The number of piperidine rings is 1. The Hall–Kier alpha value is -2.38. The Morgan fingerprint density at radius 1 is 1.33 bits per heavy atom. The molecule has 24 heavy (non-hydrogen) atoms.